The van der Waals surface area contributed by atoms with Gasteiger partial charge in [-0.1, -0.05) is 6.07 Å². The lowest BCUT2D eigenvalue weighted by atomic mass is 10.2. The van der Waals surface area contributed by atoms with E-state index >= 15 is 0 Å². The van der Waals surface area contributed by atoms with Crippen LogP contribution in [0.2, 0.25) is 0 Å². The van der Waals surface area contributed by atoms with Crippen molar-refractivity contribution >= 4 is 16.7 Å². The first-order valence-corrected chi connectivity index (χ1v) is 4.32. The molecule has 2 rings (SSSR count). The normalized spacial score (nSPS) is 10.6. The topological polar surface area (TPSA) is 61.0 Å². The van der Waals surface area contributed by atoms with Crippen molar-refractivity contribution < 1.29 is 4.92 Å². The maximum Gasteiger partial charge on any atom is 0.297 e. The van der Waals surface area contributed by atoms with Crippen molar-refractivity contribution in [1.82, 2.24) is 9.55 Å². The summed E-state index contributed by atoms with van der Waals surface area (Å²) < 4.78 is 1.88. The van der Waals surface area contributed by atoms with Gasteiger partial charge in [-0.2, -0.15) is 0 Å². The van der Waals surface area contributed by atoms with Crippen LogP contribution in [0.25, 0.3) is 11.0 Å². The van der Waals surface area contributed by atoms with Gasteiger partial charge in [0.05, 0.1) is 16.8 Å². The average Bonchev–Trinajstić information content (AvgIpc) is 2.59. The summed E-state index contributed by atoms with van der Waals surface area (Å²) in [4.78, 5) is 14.3. The Balaban J connectivity index is 2.76. The first-order valence-electron chi connectivity index (χ1n) is 4.32. The number of nitro benzene ring substituents is 1. The Kier molecular flexibility index (Phi) is 1.92. The van der Waals surface area contributed by atoms with Gasteiger partial charge in [-0.3, -0.25) is 10.1 Å². The largest absolute Gasteiger partial charge is 0.331 e. The SMILES string of the molecule is CCn1cnc2c([N+](=O)[O-])cccc21. The summed E-state index contributed by atoms with van der Waals surface area (Å²) in [5, 5.41) is 10.7. The van der Waals surface area contributed by atoms with E-state index in [0.29, 0.717) is 5.52 Å². The number of imidazole rings is 1. The molecule has 72 valence electrons. The van der Waals surface area contributed by atoms with Gasteiger partial charge in [0.15, 0.2) is 5.52 Å². The van der Waals surface area contributed by atoms with Crippen molar-refractivity contribution in [3.8, 4) is 0 Å². The molecule has 0 radical (unpaired) electrons. The van der Waals surface area contributed by atoms with E-state index in [2.05, 4.69) is 4.98 Å². The highest BCUT2D eigenvalue weighted by Crippen LogP contribution is 2.23. The number of para-hydroxylation sites is 1. The summed E-state index contributed by atoms with van der Waals surface area (Å²) in [7, 11) is 0. The maximum absolute atomic E-state index is 10.7. The highest BCUT2D eigenvalue weighted by Gasteiger charge is 2.14. The van der Waals surface area contributed by atoms with Crippen molar-refractivity contribution in [3.63, 3.8) is 0 Å². The minimum atomic E-state index is -0.407. The average molecular weight is 191 g/mol. The Morgan fingerprint density at radius 2 is 2.36 bits per heavy atom. The van der Waals surface area contributed by atoms with E-state index in [1.165, 1.54) is 6.07 Å². The van der Waals surface area contributed by atoms with Crippen molar-refractivity contribution in [2.45, 2.75) is 13.5 Å². The number of aromatic nitrogens is 2. The van der Waals surface area contributed by atoms with E-state index in [4.69, 9.17) is 0 Å². The zero-order valence-corrected chi connectivity index (χ0v) is 7.67. The number of nitrogens with zero attached hydrogens (tertiary/aromatic N) is 3. The van der Waals surface area contributed by atoms with Gasteiger partial charge >= 0.3 is 0 Å². The van der Waals surface area contributed by atoms with Gasteiger partial charge in [-0.15, -0.1) is 0 Å². The molecular weight excluding hydrogens is 182 g/mol. The first-order chi connectivity index (χ1) is 6.74. The lowest BCUT2D eigenvalue weighted by molar-refractivity contribution is -0.383. The van der Waals surface area contributed by atoms with Crippen LogP contribution >= 0.6 is 0 Å². The molecule has 0 saturated carbocycles. The van der Waals surface area contributed by atoms with Crippen LogP contribution in [0.15, 0.2) is 24.5 Å². The lowest BCUT2D eigenvalue weighted by Crippen LogP contribution is -1.92. The van der Waals surface area contributed by atoms with Crippen LogP contribution in [0.4, 0.5) is 5.69 Å². The highest BCUT2D eigenvalue weighted by atomic mass is 16.6. The number of rotatable bonds is 2. The van der Waals surface area contributed by atoms with Gasteiger partial charge in [0.25, 0.3) is 5.69 Å². The second kappa shape index (κ2) is 3.10. The fourth-order valence-electron chi connectivity index (χ4n) is 1.47. The van der Waals surface area contributed by atoms with E-state index in [0.717, 1.165) is 12.1 Å². The molecule has 0 aliphatic rings. The Hall–Kier alpha value is -1.91. The van der Waals surface area contributed by atoms with Crippen LogP contribution in [-0.2, 0) is 6.54 Å². The quantitative estimate of drug-likeness (QED) is 0.538. The number of fused-ring (bicyclic) bond motifs is 1. The van der Waals surface area contributed by atoms with E-state index in [-0.39, 0.29) is 5.69 Å². The lowest BCUT2D eigenvalue weighted by Gasteiger charge is -1.97. The van der Waals surface area contributed by atoms with Crippen molar-refractivity contribution in [3.05, 3.63) is 34.6 Å². The third-order valence-corrected chi connectivity index (χ3v) is 2.17. The van der Waals surface area contributed by atoms with Crippen molar-refractivity contribution in [2.24, 2.45) is 0 Å². The number of benzene rings is 1. The van der Waals surface area contributed by atoms with Crippen LogP contribution < -0.4 is 0 Å². The Labute approximate surface area is 80.1 Å². The molecule has 0 N–H and O–H groups in total. The predicted molar refractivity (Wildman–Crippen MR) is 52.1 cm³/mol. The molecule has 0 saturated heterocycles. The molecule has 14 heavy (non-hydrogen) atoms. The van der Waals surface area contributed by atoms with E-state index in [1.54, 1.807) is 12.4 Å². The van der Waals surface area contributed by atoms with Gasteiger partial charge in [0.1, 0.15) is 0 Å². The third kappa shape index (κ3) is 1.14. The monoisotopic (exact) mass is 191 g/mol. The summed E-state index contributed by atoms with van der Waals surface area (Å²) in [5.74, 6) is 0. The Morgan fingerprint density at radius 1 is 1.57 bits per heavy atom. The van der Waals surface area contributed by atoms with E-state index in [9.17, 15) is 10.1 Å². The van der Waals surface area contributed by atoms with Gasteiger partial charge in [-0.05, 0) is 13.0 Å². The van der Waals surface area contributed by atoms with E-state index in [1.807, 2.05) is 17.6 Å². The minimum absolute atomic E-state index is 0.0645. The molecule has 5 nitrogen and oxygen atoms in total. The molecule has 1 aromatic carbocycles. The summed E-state index contributed by atoms with van der Waals surface area (Å²) in [6.45, 7) is 2.73. The summed E-state index contributed by atoms with van der Waals surface area (Å²) >= 11 is 0. The fraction of sp³-hybridized carbons (Fsp3) is 0.222. The summed E-state index contributed by atoms with van der Waals surface area (Å²) in [6, 6.07) is 4.97. The zero-order chi connectivity index (χ0) is 10.1. The number of hydrogen-bond donors (Lipinski definition) is 0. The van der Waals surface area contributed by atoms with Crippen LogP contribution in [0.5, 0.6) is 0 Å². The van der Waals surface area contributed by atoms with E-state index < -0.39 is 4.92 Å². The molecule has 0 aliphatic carbocycles. The second-order valence-electron chi connectivity index (χ2n) is 2.93. The minimum Gasteiger partial charge on any atom is -0.331 e. The number of nitro groups is 1. The molecule has 1 aromatic heterocycles. The van der Waals surface area contributed by atoms with Crippen LogP contribution in [0.3, 0.4) is 0 Å². The molecule has 0 bridgehead atoms. The fourth-order valence-corrected chi connectivity index (χ4v) is 1.47. The summed E-state index contributed by atoms with van der Waals surface area (Å²) in [5.41, 5.74) is 1.33. The maximum atomic E-state index is 10.7. The third-order valence-electron chi connectivity index (χ3n) is 2.17. The van der Waals surface area contributed by atoms with Crippen molar-refractivity contribution in [1.29, 1.82) is 0 Å². The molecule has 0 amide bonds. The molecule has 1 heterocycles. The van der Waals surface area contributed by atoms with Gasteiger partial charge in [-0.25, -0.2) is 4.98 Å². The van der Waals surface area contributed by atoms with Gasteiger partial charge < -0.3 is 4.57 Å². The van der Waals surface area contributed by atoms with Crippen LogP contribution in [0, 0.1) is 10.1 Å². The highest BCUT2D eigenvalue weighted by molar-refractivity contribution is 5.84. The zero-order valence-electron chi connectivity index (χ0n) is 7.67. The molecule has 0 spiro atoms. The van der Waals surface area contributed by atoms with Crippen molar-refractivity contribution in [2.75, 3.05) is 0 Å². The number of non-ortho nitro benzene ring substituents is 1. The molecular formula is C9H9N3O2. The number of aryl methyl sites for hydroxylation is 1. The Morgan fingerprint density at radius 3 is 3.00 bits per heavy atom. The smallest absolute Gasteiger partial charge is 0.297 e. The Bertz CT molecular complexity index is 490. The second-order valence-corrected chi connectivity index (χ2v) is 2.93. The number of hydrogen-bond acceptors (Lipinski definition) is 3. The van der Waals surface area contributed by atoms with Gasteiger partial charge in [0.2, 0.25) is 0 Å². The molecule has 2 aromatic rings. The predicted octanol–water partition coefficient (Wildman–Crippen LogP) is 1.96. The molecule has 0 unspecified atom stereocenters. The molecule has 5 heteroatoms. The standard InChI is InChI=1S/C9H9N3O2/c1-2-11-6-10-9-7(11)4-3-5-8(9)12(13)14/h3-6H,2H2,1H3. The first kappa shape index (κ1) is 8.68. The molecule has 0 aliphatic heterocycles. The van der Waals surface area contributed by atoms with Crippen LogP contribution in [-0.4, -0.2) is 14.5 Å². The van der Waals surface area contributed by atoms with Crippen LogP contribution in [0.1, 0.15) is 6.92 Å². The molecule has 0 fully saturated rings. The van der Waals surface area contributed by atoms with Gasteiger partial charge in [0, 0.05) is 12.6 Å². The molecule has 0 atom stereocenters. The summed E-state index contributed by atoms with van der Waals surface area (Å²) in [6.07, 6.45) is 1.62.